The molecule has 0 bridgehead atoms. The number of benzene rings is 1. The van der Waals surface area contributed by atoms with Gasteiger partial charge in [-0.05, 0) is 43.7 Å². The fourth-order valence-corrected chi connectivity index (χ4v) is 4.37. The smallest absolute Gasteiger partial charge is 0.271 e. The van der Waals surface area contributed by atoms with E-state index in [-0.39, 0.29) is 5.56 Å². The van der Waals surface area contributed by atoms with Crippen molar-refractivity contribution in [2.75, 3.05) is 12.4 Å². The van der Waals surface area contributed by atoms with Gasteiger partial charge in [0.2, 0.25) is 0 Å². The third-order valence-corrected chi connectivity index (χ3v) is 6.15. The van der Waals surface area contributed by atoms with E-state index < -0.39 is 11.5 Å². The molecule has 0 saturated carbocycles. The summed E-state index contributed by atoms with van der Waals surface area (Å²) in [6.45, 7) is 3.80. The van der Waals surface area contributed by atoms with Crippen LogP contribution in [0.15, 0.2) is 40.6 Å². The highest BCUT2D eigenvalue weighted by atomic mass is 32.1. The van der Waals surface area contributed by atoms with E-state index >= 15 is 0 Å². The number of methoxy groups -OCH3 is 1. The molecule has 1 amide bonds. The van der Waals surface area contributed by atoms with Crippen molar-refractivity contribution in [3.05, 3.63) is 62.3 Å². The fourth-order valence-electron chi connectivity index (χ4n) is 2.70. The van der Waals surface area contributed by atoms with E-state index in [0.717, 1.165) is 21.9 Å². The van der Waals surface area contributed by atoms with E-state index in [1.165, 1.54) is 33.3 Å². The van der Waals surface area contributed by atoms with Gasteiger partial charge < -0.3 is 4.74 Å². The van der Waals surface area contributed by atoms with Crippen LogP contribution in [0.5, 0.6) is 5.75 Å². The number of rotatable bonds is 4. The quantitative estimate of drug-likeness (QED) is 0.552. The number of aromatic nitrogens is 3. The second-order valence-corrected chi connectivity index (χ2v) is 8.10. The SMILES string of the molecule is COc1ccc(-c2csc3ncc(C(=O)Nc4nc(C)c(C)s4)c(=O)n23)cc1. The van der Waals surface area contributed by atoms with Crippen molar-refractivity contribution in [3.63, 3.8) is 0 Å². The minimum atomic E-state index is -0.521. The number of aryl methyl sites for hydroxylation is 2. The van der Waals surface area contributed by atoms with Crippen LogP contribution >= 0.6 is 22.7 Å². The minimum Gasteiger partial charge on any atom is -0.497 e. The van der Waals surface area contributed by atoms with Crippen LogP contribution in [0.4, 0.5) is 5.13 Å². The molecule has 1 aromatic carbocycles. The molecular weight excluding hydrogens is 396 g/mol. The number of anilines is 1. The zero-order valence-electron chi connectivity index (χ0n) is 15.3. The highest BCUT2D eigenvalue weighted by Crippen LogP contribution is 2.26. The van der Waals surface area contributed by atoms with Crippen molar-refractivity contribution in [1.29, 1.82) is 0 Å². The van der Waals surface area contributed by atoms with Gasteiger partial charge in [0, 0.05) is 16.5 Å². The molecule has 28 heavy (non-hydrogen) atoms. The summed E-state index contributed by atoms with van der Waals surface area (Å²) in [5.41, 5.74) is 1.91. The maximum atomic E-state index is 13.0. The summed E-state index contributed by atoms with van der Waals surface area (Å²) in [5, 5.41) is 5.01. The number of carbonyl (C=O) groups is 1. The first-order valence-electron chi connectivity index (χ1n) is 8.37. The number of carbonyl (C=O) groups excluding carboxylic acids is 1. The Morgan fingerprint density at radius 2 is 1.96 bits per heavy atom. The van der Waals surface area contributed by atoms with Gasteiger partial charge >= 0.3 is 0 Å². The van der Waals surface area contributed by atoms with E-state index in [9.17, 15) is 9.59 Å². The summed E-state index contributed by atoms with van der Waals surface area (Å²) < 4.78 is 6.64. The molecule has 0 aliphatic heterocycles. The van der Waals surface area contributed by atoms with Gasteiger partial charge in [0.05, 0.1) is 18.5 Å². The van der Waals surface area contributed by atoms with Crippen molar-refractivity contribution < 1.29 is 9.53 Å². The number of ether oxygens (including phenoxy) is 1. The standard InChI is InChI=1S/C19H16N4O3S2/c1-10-11(2)28-18(21-10)22-16(24)14-8-20-19-23(17(14)25)15(9-27-19)12-4-6-13(26-3)7-5-12/h4-9H,1-3H3,(H,21,22,24). The van der Waals surface area contributed by atoms with Crippen LogP contribution in [0.2, 0.25) is 0 Å². The summed E-state index contributed by atoms with van der Waals surface area (Å²) in [5.74, 6) is 0.204. The maximum absolute atomic E-state index is 13.0. The molecule has 1 N–H and O–H groups in total. The first kappa shape index (κ1) is 18.3. The second-order valence-electron chi connectivity index (χ2n) is 6.06. The van der Waals surface area contributed by atoms with Crippen LogP contribution < -0.4 is 15.6 Å². The van der Waals surface area contributed by atoms with Crippen molar-refractivity contribution in [1.82, 2.24) is 14.4 Å². The molecule has 0 saturated heterocycles. The molecule has 4 rings (SSSR count). The summed E-state index contributed by atoms with van der Waals surface area (Å²) >= 11 is 2.71. The number of fused-ring (bicyclic) bond motifs is 1. The molecule has 0 fully saturated rings. The lowest BCUT2D eigenvalue weighted by atomic mass is 10.1. The lowest BCUT2D eigenvalue weighted by molar-refractivity contribution is 0.102. The molecule has 9 heteroatoms. The molecule has 3 heterocycles. The Bertz CT molecular complexity index is 1220. The maximum Gasteiger partial charge on any atom is 0.271 e. The van der Waals surface area contributed by atoms with E-state index in [1.54, 1.807) is 7.11 Å². The third-order valence-electron chi connectivity index (χ3n) is 4.33. The average Bonchev–Trinajstić information content (AvgIpc) is 3.25. The molecular formula is C19H16N4O3S2. The normalized spacial score (nSPS) is 11.0. The van der Waals surface area contributed by atoms with E-state index in [1.807, 2.05) is 43.5 Å². The van der Waals surface area contributed by atoms with Crippen LogP contribution in [0.3, 0.4) is 0 Å². The van der Waals surface area contributed by atoms with Crippen molar-refractivity contribution >= 4 is 38.7 Å². The van der Waals surface area contributed by atoms with Gasteiger partial charge in [0.1, 0.15) is 11.3 Å². The zero-order chi connectivity index (χ0) is 19.8. The number of hydrogen-bond acceptors (Lipinski definition) is 7. The van der Waals surface area contributed by atoms with Gasteiger partial charge in [-0.2, -0.15) is 0 Å². The van der Waals surface area contributed by atoms with Gasteiger partial charge in [0.15, 0.2) is 10.1 Å². The second kappa shape index (κ2) is 7.17. The van der Waals surface area contributed by atoms with Crippen molar-refractivity contribution in [3.8, 4) is 17.0 Å². The van der Waals surface area contributed by atoms with Gasteiger partial charge in [-0.3, -0.25) is 19.3 Å². The topological polar surface area (TPSA) is 85.6 Å². The number of nitrogens with one attached hydrogen (secondary N) is 1. The molecule has 0 atom stereocenters. The van der Waals surface area contributed by atoms with Crippen molar-refractivity contribution in [2.24, 2.45) is 0 Å². The van der Waals surface area contributed by atoms with Crippen LogP contribution in [0, 0.1) is 13.8 Å². The summed E-state index contributed by atoms with van der Waals surface area (Å²) in [6, 6.07) is 7.36. The van der Waals surface area contributed by atoms with Crippen LogP contribution in [-0.2, 0) is 0 Å². The summed E-state index contributed by atoms with van der Waals surface area (Å²) in [7, 11) is 1.60. The highest BCUT2D eigenvalue weighted by Gasteiger charge is 2.18. The Kier molecular flexibility index (Phi) is 4.70. The summed E-state index contributed by atoms with van der Waals surface area (Å²) in [4.78, 5) is 35.8. The average molecular weight is 412 g/mol. The fraction of sp³-hybridized carbons (Fsp3) is 0.158. The zero-order valence-corrected chi connectivity index (χ0v) is 17.0. The van der Waals surface area contributed by atoms with Gasteiger partial charge in [-0.1, -0.05) is 0 Å². The molecule has 0 aliphatic carbocycles. The molecule has 0 aliphatic rings. The molecule has 0 spiro atoms. The third kappa shape index (κ3) is 3.19. The van der Waals surface area contributed by atoms with E-state index in [2.05, 4.69) is 15.3 Å². The molecule has 0 unspecified atom stereocenters. The van der Waals surface area contributed by atoms with Gasteiger partial charge in [0.25, 0.3) is 11.5 Å². The first-order valence-corrected chi connectivity index (χ1v) is 10.1. The molecule has 142 valence electrons. The minimum absolute atomic E-state index is 0.0313. The first-order chi connectivity index (χ1) is 13.5. The number of hydrogen-bond donors (Lipinski definition) is 1. The number of thiazole rings is 2. The Balaban J connectivity index is 1.75. The lowest BCUT2D eigenvalue weighted by Gasteiger charge is -2.05. The van der Waals surface area contributed by atoms with Crippen LogP contribution in [-0.4, -0.2) is 27.4 Å². The van der Waals surface area contributed by atoms with Gasteiger partial charge in [-0.25, -0.2) is 9.97 Å². The van der Waals surface area contributed by atoms with Crippen LogP contribution in [0.25, 0.3) is 16.2 Å². The molecule has 3 aromatic heterocycles. The Morgan fingerprint density at radius 3 is 2.61 bits per heavy atom. The molecule has 4 aromatic rings. The van der Waals surface area contributed by atoms with E-state index in [4.69, 9.17) is 4.74 Å². The van der Waals surface area contributed by atoms with Crippen molar-refractivity contribution in [2.45, 2.75) is 13.8 Å². The Hall–Kier alpha value is -3.04. The molecule has 0 radical (unpaired) electrons. The largest absolute Gasteiger partial charge is 0.497 e. The Labute approximate surface area is 168 Å². The van der Waals surface area contributed by atoms with Crippen LogP contribution in [0.1, 0.15) is 20.9 Å². The monoisotopic (exact) mass is 412 g/mol. The highest BCUT2D eigenvalue weighted by molar-refractivity contribution is 7.16. The number of amides is 1. The number of nitrogens with zero attached hydrogens (tertiary/aromatic N) is 3. The Morgan fingerprint density at radius 1 is 1.21 bits per heavy atom. The summed E-state index contributed by atoms with van der Waals surface area (Å²) in [6.07, 6.45) is 1.31. The lowest BCUT2D eigenvalue weighted by Crippen LogP contribution is -2.26. The van der Waals surface area contributed by atoms with Gasteiger partial charge in [-0.15, -0.1) is 22.7 Å². The van der Waals surface area contributed by atoms with E-state index in [0.29, 0.717) is 15.8 Å². The predicted molar refractivity (Wildman–Crippen MR) is 111 cm³/mol. The molecule has 7 nitrogen and oxygen atoms in total. The predicted octanol–water partition coefficient (Wildman–Crippen LogP) is 3.76.